The lowest BCUT2D eigenvalue weighted by Crippen LogP contribution is -2.21. The Balaban J connectivity index is 2.01. The molecule has 0 aliphatic carbocycles. The molecule has 0 radical (unpaired) electrons. The first-order valence-electron chi connectivity index (χ1n) is 7.08. The lowest BCUT2D eigenvalue weighted by Gasteiger charge is -2.11. The third kappa shape index (κ3) is 4.93. The van der Waals surface area contributed by atoms with Crippen molar-refractivity contribution in [2.75, 3.05) is 26.1 Å². The summed E-state index contributed by atoms with van der Waals surface area (Å²) in [6.45, 7) is -0.518. The average molecular weight is 412 g/mol. The monoisotopic (exact) mass is 411 g/mol. The van der Waals surface area contributed by atoms with Crippen LogP contribution in [-0.2, 0) is 9.53 Å². The molecule has 2 aromatic carbocycles. The van der Waals surface area contributed by atoms with Gasteiger partial charge in [0.1, 0.15) is 21.8 Å². The van der Waals surface area contributed by atoms with Crippen LogP contribution in [0.25, 0.3) is 0 Å². The fraction of sp³-hybridized carbons (Fsp3) is 0.176. The number of hydrogen-bond donors (Lipinski definition) is 1. The van der Waals surface area contributed by atoms with Gasteiger partial charge in [0.05, 0.1) is 19.8 Å². The lowest BCUT2D eigenvalue weighted by atomic mass is 10.2. The summed E-state index contributed by atoms with van der Waals surface area (Å²) in [6, 6.07) is 8.30. The summed E-state index contributed by atoms with van der Waals surface area (Å²) in [6.07, 6.45) is 0. The van der Waals surface area contributed by atoms with Crippen LogP contribution in [0.15, 0.2) is 40.9 Å². The minimum absolute atomic E-state index is 0.162. The normalized spacial score (nSPS) is 10.1. The molecule has 0 spiro atoms. The number of amides is 1. The van der Waals surface area contributed by atoms with Gasteiger partial charge in [-0.05, 0) is 46.3 Å². The van der Waals surface area contributed by atoms with Gasteiger partial charge in [-0.15, -0.1) is 0 Å². The predicted molar refractivity (Wildman–Crippen MR) is 92.6 cm³/mol. The van der Waals surface area contributed by atoms with E-state index in [-0.39, 0.29) is 11.3 Å². The highest BCUT2D eigenvalue weighted by Crippen LogP contribution is 2.35. The molecule has 0 saturated carbocycles. The van der Waals surface area contributed by atoms with Gasteiger partial charge in [0.15, 0.2) is 6.61 Å². The first kappa shape index (κ1) is 18.7. The molecule has 8 heteroatoms. The molecule has 6 nitrogen and oxygen atoms in total. The average Bonchev–Trinajstić information content (AvgIpc) is 2.60. The van der Waals surface area contributed by atoms with Crippen molar-refractivity contribution in [2.45, 2.75) is 0 Å². The summed E-state index contributed by atoms with van der Waals surface area (Å²) >= 11 is 3.29. The first-order valence-corrected chi connectivity index (χ1v) is 7.88. The van der Waals surface area contributed by atoms with E-state index in [1.54, 1.807) is 0 Å². The molecule has 0 fully saturated rings. The zero-order valence-electron chi connectivity index (χ0n) is 13.5. The Morgan fingerprint density at radius 1 is 1.12 bits per heavy atom. The molecule has 0 aliphatic rings. The number of ether oxygens (including phenoxy) is 3. The molecule has 0 bridgehead atoms. The van der Waals surface area contributed by atoms with E-state index in [1.807, 2.05) is 0 Å². The zero-order chi connectivity index (χ0) is 18.4. The molecule has 0 heterocycles. The van der Waals surface area contributed by atoms with Gasteiger partial charge in [-0.3, -0.25) is 4.79 Å². The summed E-state index contributed by atoms with van der Waals surface area (Å²) in [5.41, 5.74) is 0.434. The van der Waals surface area contributed by atoms with Gasteiger partial charge in [-0.2, -0.15) is 0 Å². The third-order valence-corrected chi connectivity index (χ3v) is 3.91. The number of hydrogen-bond acceptors (Lipinski definition) is 5. The van der Waals surface area contributed by atoms with Crippen LogP contribution in [0.3, 0.4) is 0 Å². The van der Waals surface area contributed by atoms with E-state index in [1.165, 1.54) is 44.6 Å². The summed E-state index contributed by atoms with van der Waals surface area (Å²) < 4.78 is 28.9. The third-order valence-electron chi connectivity index (χ3n) is 3.12. The quantitative estimate of drug-likeness (QED) is 0.737. The van der Waals surface area contributed by atoms with Gasteiger partial charge in [0.2, 0.25) is 0 Å². The summed E-state index contributed by atoms with van der Waals surface area (Å²) in [4.78, 5) is 23.9. The van der Waals surface area contributed by atoms with Gasteiger partial charge in [-0.1, -0.05) is 6.07 Å². The largest absolute Gasteiger partial charge is 0.495 e. The number of carbonyl (C=O) groups excluding carboxylic acids is 2. The summed E-state index contributed by atoms with van der Waals surface area (Å²) in [5.74, 6) is -1.02. The molecule has 2 rings (SSSR count). The van der Waals surface area contributed by atoms with Crippen molar-refractivity contribution in [1.29, 1.82) is 0 Å². The molecule has 0 aliphatic heterocycles. The number of esters is 1. The van der Waals surface area contributed by atoms with Crippen LogP contribution in [0, 0.1) is 5.82 Å². The summed E-state index contributed by atoms with van der Waals surface area (Å²) in [7, 11) is 2.89. The number of benzene rings is 2. The highest BCUT2D eigenvalue weighted by atomic mass is 79.9. The fourth-order valence-electron chi connectivity index (χ4n) is 1.96. The van der Waals surface area contributed by atoms with Gasteiger partial charge in [0.25, 0.3) is 5.91 Å². The van der Waals surface area contributed by atoms with E-state index in [9.17, 15) is 14.0 Å². The van der Waals surface area contributed by atoms with Crippen molar-refractivity contribution in [3.63, 3.8) is 0 Å². The number of halogens is 2. The Bertz CT molecular complexity index is 771. The van der Waals surface area contributed by atoms with Crippen molar-refractivity contribution in [3.8, 4) is 11.5 Å². The summed E-state index contributed by atoms with van der Waals surface area (Å²) in [5, 5.41) is 2.43. The number of carbonyl (C=O) groups is 2. The van der Waals surface area contributed by atoms with Crippen molar-refractivity contribution in [2.24, 2.45) is 0 Å². The van der Waals surface area contributed by atoms with Crippen LogP contribution >= 0.6 is 15.9 Å². The maximum absolute atomic E-state index is 13.1. The minimum Gasteiger partial charge on any atom is -0.495 e. The number of anilines is 1. The zero-order valence-corrected chi connectivity index (χ0v) is 15.1. The van der Waals surface area contributed by atoms with Gasteiger partial charge >= 0.3 is 5.97 Å². The second-order valence-electron chi connectivity index (χ2n) is 4.83. The van der Waals surface area contributed by atoms with E-state index < -0.39 is 24.3 Å². The lowest BCUT2D eigenvalue weighted by molar-refractivity contribution is -0.119. The molecule has 132 valence electrons. The number of methoxy groups -OCH3 is 2. The van der Waals surface area contributed by atoms with E-state index in [0.717, 1.165) is 6.07 Å². The molecule has 0 aromatic heterocycles. The van der Waals surface area contributed by atoms with Crippen LogP contribution < -0.4 is 14.8 Å². The highest BCUT2D eigenvalue weighted by Gasteiger charge is 2.16. The van der Waals surface area contributed by atoms with Crippen molar-refractivity contribution in [1.82, 2.24) is 0 Å². The molecule has 0 saturated heterocycles. The fourth-order valence-corrected chi connectivity index (χ4v) is 2.52. The van der Waals surface area contributed by atoms with E-state index in [2.05, 4.69) is 21.2 Å². The second-order valence-corrected chi connectivity index (χ2v) is 5.62. The van der Waals surface area contributed by atoms with Crippen LogP contribution in [0.5, 0.6) is 11.5 Å². The Kier molecular flexibility index (Phi) is 6.35. The molecule has 0 atom stereocenters. The standard InChI is InChI=1S/C17H15BrFNO5/c1-23-13-6-10(7-14(24-2)16(13)18)17(22)25-9-15(21)20-12-5-3-4-11(19)8-12/h3-8H,9H2,1-2H3,(H,20,21). The van der Waals surface area contributed by atoms with Crippen LogP contribution in [0.1, 0.15) is 10.4 Å². The number of nitrogens with one attached hydrogen (secondary N) is 1. The Morgan fingerprint density at radius 3 is 2.32 bits per heavy atom. The van der Waals surface area contributed by atoms with Crippen molar-refractivity contribution in [3.05, 3.63) is 52.3 Å². The van der Waals surface area contributed by atoms with Crippen molar-refractivity contribution < 1.29 is 28.2 Å². The van der Waals surface area contributed by atoms with Crippen LogP contribution in [0.2, 0.25) is 0 Å². The van der Waals surface area contributed by atoms with Gasteiger partial charge in [-0.25, -0.2) is 9.18 Å². The van der Waals surface area contributed by atoms with Crippen molar-refractivity contribution >= 4 is 33.5 Å². The van der Waals surface area contributed by atoms with Crippen LogP contribution in [-0.4, -0.2) is 32.7 Å². The maximum Gasteiger partial charge on any atom is 0.338 e. The SMILES string of the molecule is COc1cc(C(=O)OCC(=O)Nc2cccc(F)c2)cc(OC)c1Br. The van der Waals surface area contributed by atoms with E-state index in [0.29, 0.717) is 16.0 Å². The van der Waals surface area contributed by atoms with E-state index >= 15 is 0 Å². The predicted octanol–water partition coefficient (Wildman–Crippen LogP) is 3.40. The Morgan fingerprint density at radius 2 is 1.76 bits per heavy atom. The molecule has 1 amide bonds. The van der Waals surface area contributed by atoms with E-state index in [4.69, 9.17) is 14.2 Å². The maximum atomic E-state index is 13.1. The number of rotatable bonds is 6. The molecule has 2 aromatic rings. The topological polar surface area (TPSA) is 73.9 Å². The van der Waals surface area contributed by atoms with Gasteiger partial charge in [0, 0.05) is 5.69 Å². The highest BCUT2D eigenvalue weighted by molar-refractivity contribution is 9.10. The van der Waals surface area contributed by atoms with Gasteiger partial charge < -0.3 is 19.5 Å². The molecule has 1 N–H and O–H groups in total. The van der Waals surface area contributed by atoms with Crippen LogP contribution in [0.4, 0.5) is 10.1 Å². The smallest absolute Gasteiger partial charge is 0.338 e. The Labute approximate surface area is 152 Å². The first-order chi connectivity index (χ1) is 11.9. The Hall–Kier alpha value is -2.61. The molecule has 0 unspecified atom stereocenters. The second kappa shape index (κ2) is 8.48. The molecular weight excluding hydrogens is 397 g/mol. The minimum atomic E-state index is -0.724. The molecule has 25 heavy (non-hydrogen) atoms. The molecular formula is C17H15BrFNO5.